The molecule has 1 fully saturated rings. The number of nitrogens with zero attached hydrogens (tertiary/aromatic N) is 3. The van der Waals surface area contributed by atoms with Crippen molar-refractivity contribution in [2.75, 3.05) is 26.2 Å². The number of amides is 1. The molecular weight excluding hydrogens is 540 g/mol. The molecule has 3 aliphatic rings. The smallest absolute Gasteiger partial charge is 0.411 e. The Kier molecular flexibility index (Phi) is 8.29. The average molecular weight is 571 g/mol. The van der Waals surface area contributed by atoms with Crippen molar-refractivity contribution >= 4 is 38.9 Å². The second-order valence-electron chi connectivity index (χ2n) is 8.27. The van der Waals surface area contributed by atoms with Crippen molar-refractivity contribution in [1.29, 1.82) is 0 Å². The number of hydrogen-bond donors (Lipinski definition) is 1. The van der Waals surface area contributed by atoms with E-state index in [1.807, 2.05) is 52.0 Å². The van der Waals surface area contributed by atoms with Crippen LogP contribution in [0, 0.1) is 0 Å². The molecule has 0 saturated carbocycles. The van der Waals surface area contributed by atoms with Crippen LogP contribution in [0.15, 0.2) is 39.6 Å². The fraction of sp³-hybridized carbons (Fsp3) is 0.407. The minimum atomic E-state index is -1.28. The Morgan fingerprint density at radius 3 is 2.59 bits per heavy atom. The molecule has 37 heavy (non-hydrogen) atoms. The summed E-state index contributed by atoms with van der Waals surface area (Å²) in [6.45, 7) is 10.5. The van der Waals surface area contributed by atoms with Crippen LogP contribution < -0.4 is 10.9 Å². The van der Waals surface area contributed by atoms with E-state index in [1.165, 1.54) is 0 Å². The Morgan fingerprint density at radius 2 is 1.86 bits per heavy atom. The van der Waals surface area contributed by atoms with Gasteiger partial charge in [0.05, 0.1) is 29.0 Å². The zero-order chi connectivity index (χ0) is 26.7. The number of hydrogen-bond acceptors (Lipinski definition) is 7. The normalized spacial score (nSPS) is 17.3. The van der Waals surface area contributed by atoms with Gasteiger partial charge in [-0.15, -0.1) is 0 Å². The Bertz CT molecular complexity index is 1400. The highest BCUT2D eigenvalue weighted by atomic mass is 79.9. The molecular formula is C27H31BrN4O5. The lowest BCUT2D eigenvalue weighted by atomic mass is 10.00. The van der Waals surface area contributed by atoms with Gasteiger partial charge in [0.25, 0.3) is 5.56 Å². The van der Waals surface area contributed by atoms with Gasteiger partial charge in [0.15, 0.2) is 0 Å². The van der Waals surface area contributed by atoms with Gasteiger partial charge in [-0.25, -0.2) is 14.6 Å². The third-order valence-corrected chi connectivity index (χ3v) is 7.03. The summed E-state index contributed by atoms with van der Waals surface area (Å²) < 4.78 is 13.4. The maximum Gasteiger partial charge on any atom is 0.411 e. The number of pyridine rings is 2. The number of piperazine rings is 1. The van der Waals surface area contributed by atoms with Gasteiger partial charge in [-0.05, 0) is 24.3 Å². The van der Waals surface area contributed by atoms with Crippen molar-refractivity contribution in [2.24, 2.45) is 0 Å². The first kappa shape index (κ1) is 26.8. The molecule has 6 rings (SSSR count). The van der Waals surface area contributed by atoms with E-state index in [9.17, 15) is 14.4 Å². The van der Waals surface area contributed by atoms with Crippen molar-refractivity contribution in [3.63, 3.8) is 0 Å². The molecule has 1 unspecified atom stereocenters. The number of carbonyl (C=O) groups is 2. The molecule has 0 aliphatic carbocycles. The van der Waals surface area contributed by atoms with Gasteiger partial charge in [0.2, 0.25) is 6.10 Å². The molecule has 3 aromatic rings. The maximum absolute atomic E-state index is 13.3. The van der Waals surface area contributed by atoms with Gasteiger partial charge >= 0.3 is 12.1 Å². The molecule has 1 amide bonds. The predicted octanol–water partition coefficient (Wildman–Crippen LogP) is 4.38. The lowest BCUT2D eigenvalue weighted by Crippen LogP contribution is -2.47. The maximum atomic E-state index is 13.3. The molecule has 0 spiro atoms. The van der Waals surface area contributed by atoms with E-state index in [0.29, 0.717) is 55.2 Å². The summed E-state index contributed by atoms with van der Waals surface area (Å²) in [7, 11) is 0. The van der Waals surface area contributed by atoms with Gasteiger partial charge < -0.3 is 24.3 Å². The Hall–Kier alpha value is -3.24. The first-order chi connectivity index (χ1) is 18.0. The lowest BCUT2D eigenvalue weighted by Gasteiger charge is -2.30. The number of rotatable bonds is 1. The fourth-order valence-corrected chi connectivity index (χ4v) is 5.10. The van der Waals surface area contributed by atoms with E-state index < -0.39 is 18.2 Å². The number of aromatic nitrogens is 2. The minimum absolute atomic E-state index is 0.147. The van der Waals surface area contributed by atoms with Gasteiger partial charge in [0.1, 0.15) is 6.61 Å². The molecule has 9 nitrogen and oxygen atoms in total. The van der Waals surface area contributed by atoms with Crippen LogP contribution in [-0.2, 0) is 27.4 Å². The SMILES string of the molecule is CC.CC.O=C1OCc2c(cc3n(c2=O)Cc2cc4c(Br)cccc4nc2-3)C1OC(=O)N1CCNCC1. The van der Waals surface area contributed by atoms with Crippen LogP contribution in [0.5, 0.6) is 0 Å². The lowest BCUT2D eigenvalue weighted by molar-refractivity contribution is -0.158. The first-order valence-electron chi connectivity index (χ1n) is 12.7. The Labute approximate surface area is 223 Å². The largest absolute Gasteiger partial charge is 0.458 e. The van der Waals surface area contributed by atoms with Gasteiger partial charge in [-0.3, -0.25) is 4.79 Å². The van der Waals surface area contributed by atoms with Crippen molar-refractivity contribution in [3.8, 4) is 11.4 Å². The average Bonchev–Trinajstić information content (AvgIpc) is 3.30. The second-order valence-corrected chi connectivity index (χ2v) is 9.12. The van der Waals surface area contributed by atoms with Crippen LogP contribution in [0.4, 0.5) is 4.79 Å². The van der Waals surface area contributed by atoms with E-state index in [-0.39, 0.29) is 12.2 Å². The minimum Gasteiger partial charge on any atom is -0.458 e. The number of benzene rings is 1. The van der Waals surface area contributed by atoms with Crippen molar-refractivity contribution in [1.82, 2.24) is 19.8 Å². The molecule has 0 bridgehead atoms. The monoisotopic (exact) mass is 570 g/mol. The fourth-order valence-electron chi connectivity index (χ4n) is 4.63. The van der Waals surface area contributed by atoms with Crippen molar-refractivity contribution in [3.05, 3.63) is 61.8 Å². The predicted molar refractivity (Wildman–Crippen MR) is 144 cm³/mol. The Morgan fingerprint density at radius 1 is 1.14 bits per heavy atom. The summed E-state index contributed by atoms with van der Waals surface area (Å²) in [5.41, 5.74) is 3.43. The summed E-state index contributed by atoms with van der Waals surface area (Å²) in [6, 6.07) is 9.53. The van der Waals surface area contributed by atoms with Gasteiger partial charge in [0, 0.05) is 47.2 Å². The highest BCUT2D eigenvalue weighted by molar-refractivity contribution is 9.10. The van der Waals surface area contributed by atoms with Crippen LogP contribution in [0.3, 0.4) is 0 Å². The number of ether oxygens (including phenoxy) is 2. The molecule has 2 aromatic heterocycles. The number of halogens is 1. The second kappa shape index (κ2) is 11.4. The van der Waals surface area contributed by atoms with Crippen molar-refractivity contribution < 1.29 is 19.1 Å². The molecule has 1 N–H and O–H groups in total. The van der Waals surface area contributed by atoms with E-state index in [0.717, 1.165) is 20.9 Å². The summed E-state index contributed by atoms with van der Waals surface area (Å²) in [6.07, 6.45) is -1.88. The summed E-state index contributed by atoms with van der Waals surface area (Å²) in [5, 5.41) is 4.13. The summed E-state index contributed by atoms with van der Waals surface area (Å²) in [4.78, 5) is 45.0. The van der Waals surface area contributed by atoms with Crippen LogP contribution in [0.2, 0.25) is 0 Å². The van der Waals surface area contributed by atoms with E-state index >= 15 is 0 Å². The number of carbonyl (C=O) groups excluding carboxylic acids is 2. The Balaban J connectivity index is 0.000000765. The van der Waals surface area contributed by atoms with E-state index in [1.54, 1.807) is 15.5 Å². The van der Waals surface area contributed by atoms with Crippen LogP contribution in [0.1, 0.15) is 50.5 Å². The topological polar surface area (TPSA) is 103 Å². The molecule has 1 aromatic carbocycles. The highest BCUT2D eigenvalue weighted by Gasteiger charge is 2.38. The van der Waals surface area contributed by atoms with Gasteiger partial charge in [-0.1, -0.05) is 49.7 Å². The summed E-state index contributed by atoms with van der Waals surface area (Å²) in [5.74, 6) is -0.677. The quantitative estimate of drug-likeness (QED) is 0.339. The zero-order valence-electron chi connectivity index (χ0n) is 21.5. The van der Waals surface area contributed by atoms with Crippen LogP contribution >= 0.6 is 15.9 Å². The first-order valence-corrected chi connectivity index (χ1v) is 13.5. The molecule has 10 heteroatoms. The van der Waals surface area contributed by atoms with Crippen molar-refractivity contribution in [2.45, 2.75) is 47.0 Å². The van der Waals surface area contributed by atoms with E-state index in [2.05, 4.69) is 21.2 Å². The molecule has 3 aliphatic heterocycles. The van der Waals surface area contributed by atoms with Gasteiger partial charge in [-0.2, -0.15) is 0 Å². The number of nitrogens with one attached hydrogen (secondary N) is 1. The summed E-state index contributed by atoms with van der Waals surface area (Å²) >= 11 is 3.56. The molecule has 196 valence electrons. The van der Waals surface area contributed by atoms with Crippen LogP contribution in [0.25, 0.3) is 22.3 Å². The standard InChI is InChI=1S/C23H19BrN4O5.2C2H6/c24-16-2-1-3-17-14(16)8-12-10-28-18(19(12)26-17)9-13-15(21(28)29)11-32-22(30)20(13)33-23(31)27-6-4-25-5-7-27;2*1-2/h1-3,8-9,20,25H,4-7,10-11H2;2*1-2H3. The zero-order valence-corrected chi connectivity index (χ0v) is 23.1. The molecule has 5 heterocycles. The molecule has 0 radical (unpaired) electrons. The van der Waals surface area contributed by atoms with E-state index in [4.69, 9.17) is 14.5 Å². The molecule has 1 saturated heterocycles. The number of cyclic esters (lactones) is 1. The third kappa shape index (κ3) is 4.87. The molecule has 1 atom stereocenters. The third-order valence-electron chi connectivity index (χ3n) is 6.34. The highest BCUT2D eigenvalue weighted by Crippen LogP contribution is 2.37. The number of fused-ring (bicyclic) bond motifs is 5. The van der Waals surface area contributed by atoms with Crippen LogP contribution in [-0.4, -0.2) is 52.7 Å². The number of esters is 1.